The van der Waals surface area contributed by atoms with Gasteiger partial charge in [0.15, 0.2) is 0 Å². The molecule has 2 fully saturated rings. The van der Waals surface area contributed by atoms with Crippen molar-refractivity contribution in [2.24, 2.45) is 17.8 Å². The van der Waals surface area contributed by atoms with E-state index in [4.69, 9.17) is 0 Å². The highest BCUT2D eigenvalue weighted by atomic mass is 16.1. The molecule has 3 heterocycles. The van der Waals surface area contributed by atoms with Crippen molar-refractivity contribution in [3.63, 3.8) is 0 Å². The number of Topliss-reactive ketones (excluding diaryl/α,β-unsaturated/α-hetero) is 1. The van der Waals surface area contributed by atoms with Crippen LogP contribution in [0.4, 0.5) is 5.69 Å². The first-order chi connectivity index (χ1) is 15.0. The predicted molar refractivity (Wildman–Crippen MR) is 123 cm³/mol. The van der Waals surface area contributed by atoms with Crippen molar-refractivity contribution < 1.29 is 4.79 Å². The molecule has 6 nitrogen and oxygen atoms in total. The van der Waals surface area contributed by atoms with E-state index < -0.39 is 0 Å². The number of likely N-dealkylation sites (tertiary alicyclic amines) is 1. The van der Waals surface area contributed by atoms with Crippen LogP contribution in [-0.2, 0) is 4.79 Å². The number of aromatic nitrogens is 2. The average molecular weight is 420 g/mol. The average Bonchev–Trinajstić information content (AvgIpc) is 2.77. The number of benzene rings is 1. The van der Waals surface area contributed by atoms with Crippen molar-refractivity contribution in [3.8, 4) is 6.07 Å². The number of carbonyl (C=O) groups excluding carboxylic acids is 1. The SMILES string of the molecule is C[C@H]1C[C@@H](CC(=O)CCC2CCN(C)CC2)CN(c2ccc(C#N)c3ncncc23)C1. The molecule has 0 aliphatic carbocycles. The van der Waals surface area contributed by atoms with Crippen molar-refractivity contribution in [2.45, 2.75) is 45.4 Å². The molecular weight excluding hydrogens is 386 g/mol. The number of hydrogen-bond donors (Lipinski definition) is 0. The van der Waals surface area contributed by atoms with Gasteiger partial charge in [-0.05, 0) is 75.7 Å². The number of fused-ring (bicyclic) bond motifs is 1. The Morgan fingerprint density at radius 2 is 2.03 bits per heavy atom. The Hall–Kier alpha value is -2.52. The molecule has 1 aromatic carbocycles. The van der Waals surface area contributed by atoms with Crippen molar-refractivity contribution in [2.75, 3.05) is 38.1 Å². The van der Waals surface area contributed by atoms with Gasteiger partial charge in [-0.25, -0.2) is 9.97 Å². The van der Waals surface area contributed by atoms with Crippen molar-refractivity contribution in [3.05, 3.63) is 30.2 Å². The summed E-state index contributed by atoms with van der Waals surface area (Å²) in [6, 6.07) is 6.10. The molecule has 0 N–H and O–H groups in total. The fraction of sp³-hybridized carbons (Fsp3) is 0.600. The van der Waals surface area contributed by atoms with Crippen molar-refractivity contribution in [1.82, 2.24) is 14.9 Å². The first-order valence-electron chi connectivity index (χ1n) is 11.6. The Bertz CT molecular complexity index is 960. The Balaban J connectivity index is 1.40. The smallest absolute Gasteiger partial charge is 0.133 e. The molecule has 6 heteroatoms. The molecule has 0 radical (unpaired) electrons. The van der Waals surface area contributed by atoms with Gasteiger partial charge >= 0.3 is 0 Å². The summed E-state index contributed by atoms with van der Waals surface area (Å²) in [5.41, 5.74) is 2.36. The molecule has 0 spiro atoms. The summed E-state index contributed by atoms with van der Waals surface area (Å²) in [7, 11) is 2.18. The van der Waals surface area contributed by atoms with E-state index in [2.05, 4.69) is 39.8 Å². The molecule has 0 amide bonds. The molecule has 2 atom stereocenters. The third-order valence-electron chi connectivity index (χ3n) is 7.04. The fourth-order valence-electron chi connectivity index (χ4n) is 5.39. The lowest BCUT2D eigenvalue weighted by atomic mass is 9.84. The molecule has 0 bridgehead atoms. The molecule has 1 aromatic heterocycles. The summed E-state index contributed by atoms with van der Waals surface area (Å²) in [6.45, 7) is 6.42. The second kappa shape index (κ2) is 9.74. The third kappa shape index (κ3) is 5.22. The number of carbonyl (C=O) groups is 1. The topological polar surface area (TPSA) is 73.1 Å². The normalized spacial score (nSPS) is 23.1. The molecule has 0 unspecified atom stereocenters. The molecule has 2 aliphatic rings. The Morgan fingerprint density at radius 3 is 2.81 bits per heavy atom. The zero-order valence-electron chi connectivity index (χ0n) is 18.8. The van der Waals surface area contributed by atoms with Crippen LogP contribution in [0.2, 0.25) is 0 Å². The fourth-order valence-corrected chi connectivity index (χ4v) is 5.39. The maximum absolute atomic E-state index is 12.8. The number of ketones is 1. The van der Waals surface area contributed by atoms with Crippen molar-refractivity contribution >= 4 is 22.4 Å². The highest BCUT2D eigenvalue weighted by molar-refractivity contribution is 5.94. The van der Waals surface area contributed by atoms with Gasteiger partial charge in [0.2, 0.25) is 0 Å². The summed E-state index contributed by atoms with van der Waals surface area (Å²) in [6.07, 6.45) is 9.32. The number of nitriles is 1. The van der Waals surface area contributed by atoms with Crippen LogP contribution >= 0.6 is 0 Å². The molecule has 31 heavy (non-hydrogen) atoms. The van der Waals surface area contributed by atoms with Crippen LogP contribution in [0, 0.1) is 29.1 Å². The lowest BCUT2D eigenvalue weighted by Crippen LogP contribution is -2.40. The molecule has 2 aliphatic heterocycles. The summed E-state index contributed by atoms with van der Waals surface area (Å²) in [5.74, 6) is 2.04. The Morgan fingerprint density at radius 1 is 1.23 bits per heavy atom. The van der Waals surface area contributed by atoms with Crippen LogP contribution in [0.5, 0.6) is 0 Å². The first-order valence-corrected chi connectivity index (χ1v) is 11.6. The highest BCUT2D eigenvalue weighted by Gasteiger charge is 2.28. The third-order valence-corrected chi connectivity index (χ3v) is 7.04. The van der Waals surface area contributed by atoms with E-state index in [0.29, 0.717) is 41.0 Å². The molecule has 0 saturated carbocycles. The van der Waals surface area contributed by atoms with E-state index in [1.54, 1.807) is 6.20 Å². The molecule has 2 saturated heterocycles. The maximum Gasteiger partial charge on any atom is 0.133 e. The minimum absolute atomic E-state index is 0.379. The van der Waals surface area contributed by atoms with Crippen LogP contribution < -0.4 is 4.90 Å². The van der Waals surface area contributed by atoms with Crippen LogP contribution in [0.15, 0.2) is 24.7 Å². The zero-order chi connectivity index (χ0) is 21.8. The zero-order valence-corrected chi connectivity index (χ0v) is 18.8. The van der Waals surface area contributed by atoms with Gasteiger partial charge < -0.3 is 9.80 Å². The largest absolute Gasteiger partial charge is 0.370 e. The van der Waals surface area contributed by atoms with E-state index in [-0.39, 0.29) is 0 Å². The molecule has 2 aromatic rings. The van der Waals surface area contributed by atoms with Crippen molar-refractivity contribution in [1.29, 1.82) is 5.26 Å². The number of piperidine rings is 2. The number of rotatable bonds is 6. The quantitative estimate of drug-likeness (QED) is 0.703. The lowest BCUT2D eigenvalue weighted by Gasteiger charge is -2.38. The Kier molecular flexibility index (Phi) is 6.82. The molecular formula is C25H33N5O. The standard InChI is InChI=1S/C25H33N5O/c1-18-11-20(12-22(31)5-3-19-7-9-29(2)10-8-19)16-30(15-18)24-6-4-21(13-26)25-23(24)14-27-17-28-25/h4,6,14,17-20H,3,5,7-12,15-16H2,1-2H3/t18-,20-/m0/s1. The highest BCUT2D eigenvalue weighted by Crippen LogP contribution is 2.34. The monoisotopic (exact) mass is 419 g/mol. The number of hydrogen-bond acceptors (Lipinski definition) is 6. The number of nitrogens with zero attached hydrogens (tertiary/aromatic N) is 5. The lowest BCUT2D eigenvalue weighted by molar-refractivity contribution is -0.120. The summed E-state index contributed by atoms with van der Waals surface area (Å²) >= 11 is 0. The minimum atomic E-state index is 0.379. The van der Waals surface area contributed by atoms with Crippen LogP contribution in [-0.4, -0.2) is 53.9 Å². The summed E-state index contributed by atoms with van der Waals surface area (Å²) in [5, 5.41) is 10.3. The maximum atomic E-state index is 12.8. The van der Waals surface area contributed by atoms with E-state index in [1.165, 1.54) is 19.2 Å². The summed E-state index contributed by atoms with van der Waals surface area (Å²) < 4.78 is 0. The van der Waals surface area contributed by atoms with E-state index >= 15 is 0 Å². The second-order valence-corrected chi connectivity index (χ2v) is 9.67. The van der Waals surface area contributed by atoms with E-state index in [0.717, 1.165) is 56.5 Å². The predicted octanol–water partition coefficient (Wildman–Crippen LogP) is 4.05. The van der Waals surface area contributed by atoms with Crippen LogP contribution in [0.1, 0.15) is 51.0 Å². The summed E-state index contributed by atoms with van der Waals surface area (Å²) in [4.78, 5) is 26.1. The van der Waals surface area contributed by atoms with Gasteiger partial charge in [0.25, 0.3) is 0 Å². The molecule has 4 rings (SSSR count). The van der Waals surface area contributed by atoms with Gasteiger partial charge in [-0.1, -0.05) is 6.92 Å². The first kappa shape index (κ1) is 21.7. The van der Waals surface area contributed by atoms with Crippen LogP contribution in [0.25, 0.3) is 10.9 Å². The number of anilines is 1. The van der Waals surface area contributed by atoms with Gasteiger partial charge in [-0.2, -0.15) is 5.26 Å². The minimum Gasteiger partial charge on any atom is -0.370 e. The van der Waals surface area contributed by atoms with Gasteiger partial charge in [0.05, 0.1) is 11.1 Å². The van der Waals surface area contributed by atoms with Gasteiger partial charge in [0.1, 0.15) is 18.2 Å². The second-order valence-electron chi connectivity index (χ2n) is 9.67. The van der Waals surface area contributed by atoms with Crippen LogP contribution in [0.3, 0.4) is 0 Å². The molecule has 164 valence electrons. The van der Waals surface area contributed by atoms with Gasteiger partial charge in [-0.15, -0.1) is 0 Å². The van der Waals surface area contributed by atoms with Gasteiger partial charge in [-0.3, -0.25) is 4.79 Å². The van der Waals surface area contributed by atoms with Gasteiger partial charge in [0, 0.05) is 43.2 Å². The Labute approximate surface area is 185 Å². The van der Waals surface area contributed by atoms with E-state index in [1.807, 2.05) is 12.1 Å². The van der Waals surface area contributed by atoms with E-state index in [9.17, 15) is 10.1 Å².